The minimum atomic E-state index is 0. The van der Waals surface area contributed by atoms with E-state index < -0.39 is 0 Å². The molecule has 1 aromatic heterocycles. The summed E-state index contributed by atoms with van der Waals surface area (Å²) in [4.78, 5) is 0. The van der Waals surface area contributed by atoms with Crippen LogP contribution < -0.4 is 0 Å². The van der Waals surface area contributed by atoms with E-state index >= 15 is 0 Å². The molecule has 0 saturated heterocycles. The lowest BCUT2D eigenvalue weighted by atomic mass is 10.1. The van der Waals surface area contributed by atoms with Gasteiger partial charge in [-0.3, -0.25) is 0 Å². The maximum absolute atomic E-state index is 4.22. The van der Waals surface area contributed by atoms with Crippen LogP contribution in [0.3, 0.4) is 0 Å². The zero-order chi connectivity index (χ0) is 9.64. The van der Waals surface area contributed by atoms with Crippen LogP contribution in [0.5, 0.6) is 0 Å². The number of fused-ring (bicyclic) bond motifs is 1. The van der Waals surface area contributed by atoms with E-state index in [0.29, 0.717) is 0 Å². The number of aryl methyl sites for hydroxylation is 2. The van der Waals surface area contributed by atoms with Gasteiger partial charge in [0.2, 0.25) is 0 Å². The molecule has 2 aromatic rings. The maximum atomic E-state index is 4.22. The van der Waals surface area contributed by atoms with Gasteiger partial charge in [0.25, 0.3) is 0 Å². The SMILES string of the molecule is C.c1ccc2c(c1)CCC2.c1conn1. The van der Waals surface area contributed by atoms with Gasteiger partial charge in [-0.15, -0.1) is 5.10 Å². The third kappa shape index (κ3) is 3.20. The Balaban J connectivity index is 0.000000162. The second-order valence-electron chi connectivity index (χ2n) is 3.21. The average molecular weight is 204 g/mol. The van der Waals surface area contributed by atoms with Gasteiger partial charge in [-0.2, -0.15) is 0 Å². The number of hydrogen-bond donors (Lipinski definition) is 0. The first kappa shape index (κ1) is 11.4. The number of benzene rings is 1. The van der Waals surface area contributed by atoms with Crippen molar-refractivity contribution in [2.45, 2.75) is 26.7 Å². The monoisotopic (exact) mass is 204 g/mol. The Labute approximate surface area is 90.1 Å². The minimum absolute atomic E-state index is 0. The highest BCUT2D eigenvalue weighted by Crippen LogP contribution is 2.20. The van der Waals surface area contributed by atoms with Crippen LogP contribution in [-0.4, -0.2) is 10.4 Å². The number of hydrogen-bond acceptors (Lipinski definition) is 3. The van der Waals surface area contributed by atoms with E-state index in [1.165, 1.54) is 31.7 Å². The highest BCUT2D eigenvalue weighted by Gasteiger charge is 2.07. The summed E-state index contributed by atoms with van der Waals surface area (Å²) in [6.07, 6.45) is 6.84. The lowest BCUT2D eigenvalue weighted by Crippen LogP contribution is -1.77. The molecule has 0 bridgehead atoms. The van der Waals surface area contributed by atoms with E-state index in [1.54, 1.807) is 11.1 Å². The largest absolute Gasteiger partial charge is 0.346 e. The molecule has 15 heavy (non-hydrogen) atoms. The summed E-state index contributed by atoms with van der Waals surface area (Å²) in [5.41, 5.74) is 3.13. The molecule has 0 spiro atoms. The highest BCUT2D eigenvalue weighted by atomic mass is 16.5. The van der Waals surface area contributed by atoms with E-state index in [9.17, 15) is 0 Å². The zero-order valence-corrected chi connectivity index (χ0v) is 7.89. The molecular formula is C12H16N2O. The lowest BCUT2D eigenvalue weighted by Gasteiger charge is -1.93. The van der Waals surface area contributed by atoms with Gasteiger partial charge in [0.15, 0.2) is 0 Å². The number of aromatic nitrogens is 2. The fourth-order valence-corrected chi connectivity index (χ4v) is 1.65. The number of rotatable bonds is 0. The van der Waals surface area contributed by atoms with Gasteiger partial charge in [-0.25, -0.2) is 0 Å². The Morgan fingerprint density at radius 2 is 1.73 bits per heavy atom. The Bertz CT molecular complexity index is 331. The Morgan fingerprint density at radius 1 is 1.07 bits per heavy atom. The third-order valence-corrected chi connectivity index (χ3v) is 2.29. The molecular weight excluding hydrogens is 188 g/mol. The van der Waals surface area contributed by atoms with Gasteiger partial charge in [-0.05, 0) is 30.4 Å². The molecule has 3 rings (SSSR count). The van der Waals surface area contributed by atoms with Gasteiger partial charge >= 0.3 is 0 Å². The van der Waals surface area contributed by atoms with Crippen molar-refractivity contribution in [3.8, 4) is 0 Å². The molecule has 1 heterocycles. The highest BCUT2D eigenvalue weighted by molar-refractivity contribution is 5.30. The van der Waals surface area contributed by atoms with Crippen molar-refractivity contribution in [2.75, 3.05) is 0 Å². The van der Waals surface area contributed by atoms with Gasteiger partial charge in [0.1, 0.15) is 6.26 Å². The normalized spacial score (nSPS) is 12.0. The second-order valence-corrected chi connectivity index (χ2v) is 3.21. The molecule has 0 unspecified atom stereocenters. The molecule has 0 aliphatic heterocycles. The van der Waals surface area contributed by atoms with Crippen LogP contribution in [0.1, 0.15) is 25.0 Å². The first-order chi connectivity index (χ1) is 6.97. The Morgan fingerprint density at radius 3 is 2.13 bits per heavy atom. The Kier molecular flexibility index (Phi) is 4.54. The average Bonchev–Trinajstić information content (AvgIpc) is 2.92. The van der Waals surface area contributed by atoms with Crippen LogP contribution in [0.2, 0.25) is 0 Å². The van der Waals surface area contributed by atoms with Crippen LogP contribution in [0.25, 0.3) is 0 Å². The first-order valence-corrected chi connectivity index (χ1v) is 4.74. The molecule has 1 aliphatic rings. The molecule has 3 heteroatoms. The van der Waals surface area contributed by atoms with E-state index in [0.717, 1.165) is 0 Å². The van der Waals surface area contributed by atoms with Crippen molar-refractivity contribution in [2.24, 2.45) is 0 Å². The van der Waals surface area contributed by atoms with E-state index in [1.807, 2.05) is 0 Å². The second kappa shape index (κ2) is 5.96. The molecule has 0 N–H and O–H groups in total. The number of nitrogens with zero attached hydrogens (tertiary/aromatic N) is 2. The van der Waals surface area contributed by atoms with Gasteiger partial charge in [0, 0.05) is 5.27 Å². The summed E-state index contributed by atoms with van der Waals surface area (Å²) in [6, 6.07) is 8.74. The van der Waals surface area contributed by atoms with E-state index in [-0.39, 0.29) is 7.43 Å². The van der Waals surface area contributed by atoms with Crippen molar-refractivity contribution in [3.63, 3.8) is 0 Å². The van der Waals surface area contributed by atoms with Gasteiger partial charge in [-0.1, -0.05) is 31.7 Å². The molecule has 3 nitrogen and oxygen atoms in total. The third-order valence-electron chi connectivity index (χ3n) is 2.29. The first-order valence-electron chi connectivity index (χ1n) is 4.74. The lowest BCUT2D eigenvalue weighted by molar-refractivity contribution is 0.393. The standard InChI is InChI=1S/C9H10.C2H2N2O.CH4/c1-2-5-9-7-3-6-8(9)4-1;1-2-5-4-3-1;/h1-2,4-5H,3,6-7H2;1-2H;1H4. The maximum Gasteiger partial charge on any atom is 0.144 e. The molecule has 0 radical (unpaired) electrons. The minimum Gasteiger partial charge on any atom is -0.346 e. The zero-order valence-electron chi connectivity index (χ0n) is 7.89. The molecule has 1 aliphatic carbocycles. The van der Waals surface area contributed by atoms with Crippen LogP contribution in [0.4, 0.5) is 0 Å². The summed E-state index contributed by atoms with van der Waals surface area (Å²) in [7, 11) is 0. The smallest absolute Gasteiger partial charge is 0.144 e. The fraction of sp³-hybridized carbons (Fsp3) is 0.333. The van der Waals surface area contributed by atoms with Crippen LogP contribution in [0, 0.1) is 0 Å². The Hall–Kier alpha value is -1.64. The van der Waals surface area contributed by atoms with Gasteiger partial charge in [0.05, 0.1) is 6.20 Å². The summed E-state index contributed by atoms with van der Waals surface area (Å²) in [5, 5.41) is 6.40. The fourth-order valence-electron chi connectivity index (χ4n) is 1.65. The van der Waals surface area contributed by atoms with E-state index in [4.69, 9.17) is 0 Å². The predicted molar refractivity (Wildman–Crippen MR) is 59.5 cm³/mol. The van der Waals surface area contributed by atoms with Crippen LogP contribution >= 0.6 is 0 Å². The van der Waals surface area contributed by atoms with Crippen LogP contribution in [0.15, 0.2) is 41.2 Å². The predicted octanol–water partition coefficient (Wildman–Crippen LogP) is 2.88. The van der Waals surface area contributed by atoms with Crippen molar-refractivity contribution in [1.82, 2.24) is 10.4 Å². The summed E-state index contributed by atoms with van der Waals surface area (Å²) >= 11 is 0. The summed E-state index contributed by atoms with van der Waals surface area (Å²) in [6.45, 7) is 0. The quantitative estimate of drug-likeness (QED) is 0.662. The van der Waals surface area contributed by atoms with Crippen molar-refractivity contribution in [3.05, 3.63) is 47.9 Å². The van der Waals surface area contributed by atoms with Crippen molar-refractivity contribution < 1.29 is 4.52 Å². The van der Waals surface area contributed by atoms with Crippen LogP contribution in [-0.2, 0) is 12.8 Å². The molecule has 0 fully saturated rings. The summed E-state index contributed by atoms with van der Waals surface area (Å²) in [5.74, 6) is 0. The van der Waals surface area contributed by atoms with E-state index in [2.05, 4.69) is 39.2 Å². The molecule has 0 amide bonds. The van der Waals surface area contributed by atoms with Crippen molar-refractivity contribution >= 4 is 0 Å². The molecule has 0 saturated carbocycles. The molecule has 0 atom stereocenters. The molecule has 1 aromatic carbocycles. The summed E-state index contributed by atoms with van der Waals surface area (Å²) < 4.78 is 4.22. The van der Waals surface area contributed by atoms with Gasteiger partial charge < -0.3 is 4.52 Å². The molecule has 80 valence electrons. The van der Waals surface area contributed by atoms with Crippen molar-refractivity contribution in [1.29, 1.82) is 0 Å². The topological polar surface area (TPSA) is 38.9 Å².